The van der Waals surface area contributed by atoms with Crippen LogP contribution in [-0.4, -0.2) is 5.90 Å². The molecule has 0 aromatic heterocycles. The molecule has 1 spiro atoms. The highest BCUT2D eigenvalue weighted by Gasteiger charge is 2.54. The van der Waals surface area contributed by atoms with Crippen LogP contribution in [0.4, 0.5) is 0 Å². The molecule has 0 saturated carbocycles. The van der Waals surface area contributed by atoms with Gasteiger partial charge in [-0.2, -0.15) is 0 Å². The van der Waals surface area contributed by atoms with Gasteiger partial charge in [0, 0.05) is 22.3 Å². The number of rotatable bonds is 1. The zero-order valence-electron chi connectivity index (χ0n) is 20.4. The number of ether oxygens (including phenoxy) is 1. The molecule has 8 rings (SSSR count). The first-order valence-corrected chi connectivity index (χ1v) is 12.7. The van der Waals surface area contributed by atoms with Crippen molar-refractivity contribution in [2.45, 2.75) is 12.5 Å². The van der Waals surface area contributed by atoms with Crippen molar-refractivity contribution in [2.24, 2.45) is 4.99 Å². The molecule has 2 heteroatoms. The second-order valence-electron chi connectivity index (χ2n) is 9.97. The SMILES string of the molecule is Cc1ccc(C2=NC(=C3c4ccccc4-c4ccccc43)C3(O2)c2ccccc2-c2ccccc23)cc1. The van der Waals surface area contributed by atoms with E-state index in [-0.39, 0.29) is 0 Å². The largest absolute Gasteiger partial charge is 0.454 e. The van der Waals surface area contributed by atoms with Crippen LogP contribution in [0.5, 0.6) is 0 Å². The van der Waals surface area contributed by atoms with Gasteiger partial charge in [-0.3, -0.25) is 0 Å². The Morgan fingerprint density at radius 2 is 0.973 bits per heavy atom. The Balaban J connectivity index is 1.52. The Kier molecular flexibility index (Phi) is 4.10. The number of hydrogen-bond acceptors (Lipinski definition) is 2. The summed E-state index contributed by atoms with van der Waals surface area (Å²) in [6, 6.07) is 43.1. The summed E-state index contributed by atoms with van der Waals surface area (Å²) in [6.45, 7) is 2.10. The van der Waals surface area contributed by atoms with Crippen molar-refractivity contribution in [1.29, 1.82) is 0 Å². The third-order valence-corrected chi connectivity index (χ3v) is 7.92. The molecule has 0 unspecified atom stereocenters. The summed E-state index contributed by atoms with van der Waals surface area (Å²) in [5.41, 5.74) is 13.1. The minimum atomic E-state index is -0.826. The summed E-state index contributed by atoms with van der Waals surface area (Å²) in [5, 5.41) is 0. The average Bonchev–Trinajstić information content (AvgIpc) is 3.59. The highest BCUT2D eigenvalue weighted by Crippen LogP contribution is 2.60. The molecule has 0 N–H and O–H groups in total. The van der Waals surface area contributed by atoms with Gasteiger partial charge in [-0.25, -0.2) is 4.99 Å². The maximum atomic E-state index is 7.14. The molecule has 1 heterocycles. The normalized spacial score (nSPS) is 15.6. The van der Waals surface area contributed by atoms with Gasteiger partial charge in [-0.15, -0.1) is 0 Å². The number of aliphatic imine (C=N–C) groups is 1. The Morgan fingerprint density at radius 1 is 0.514 bits per heavy atom. The van der Waals surface area contributed by atoms with E-state index in [9.17, 15) is 0 Å². The average molecular weight is 474 g/mol. The van der Waals surface area contributed by atoms with Crippen LogP contribution in [-0.2, 0) is 10.3 Å². The van der Waals surface area contributed by atoms with Crippen molar-refractivity contribution in [3.8, 4) is 22.3 Å². The molecular formula is C35H23NO. The highest BCUT2D eigenvalue weighted by molar-refractivity contribution is 6.07. The van der Waals surface area contributed by atoms with E-state index in [0.29, 0.717) is 5.90 Å². The second kappa shape index (κ2) is 7.41. The maximum Gasteiger partial charge on any atom is 0.222 e. The molecule has 5 aromatic carbocycles. The van der Waals surface area contributed by atoms with E-state index >= 15 is 0 Å². The smallest absolute Gasteiger partial charge is 0.222 e. The molecule has 174 valence electrons. The topological polar surface area (TPSA) is 21.6 Å². The van der Waals surface area contributed by atoms with Crippen LogP contribution in [0.25, 0.3) is 27.8 Å². The van der Waals surface area contributed by atoms with E-state index < -0.39 is 5.60 Å². The predicted molar refractivity (Wildman–Crippen MR) is 149 cm³/mol. The first kappa shape index (κ1) is 20.5. The van der Waals surface area contributed by atoms with Crippen LogP contribution in [0.15, 0.2) is 132 Å². The molecule has 0 bridgehead atoms. The lowest BCUT2D eigenvalue weighted by molar-refractivity contribution is 0.162. The van der Waals surface area contributed by atoms with Gasteiger partial charge in [-0.1, -0.05) is 115 Å². The molecular weight excluding hydrogens is 450 g/mol. The zero-order chi connectivity index (χ0) is 24.6. The lowest BCUT2D eigenvalue weighted by Crippen LogP contribution is -2.29. The molecule has 0 atom stereocenters. The Hall–Kier alpha value is -4.69. The molecule has 5 aromatic rings. The quantitative estimate of drug-likeness (QED) is 0.236. The summed E-state index contributed by atoms with van der Waals surface area (Å²) in [7, 11) is 0. The van der Waals surface area contributed by atoms with Gasteiger partial charge in [0.1, 0.15) is 5.70 Å². The van der Waals surface area contributed by atoms with Gasteiger partial charge in [0.25, 0.3) is 0 Å². The molecule has 1 aliphatic heterocycles. The van der Waals surface area contributed by atoms with Crippen molar-refractivity contribution >= 4 is 11.5 Å². The van der Waals surface area contributed by atoms with E-state index in [1.807, 2.05) is 0 Å². The fourth-order valence-corrected chi connectivity index (χ4v) is 6.28. The molecule has 0 fully saturated rings. The van der Waals surface area contributed by atoms with Gasteiger partial charge in [0.15, 0.2) is 0 Å². The minimum absolute atomic E-state index is 0.663. The van der Waals surface area contributed by atoms with Crippen LogP contribution in [0.1, 0.15) is 33.4 Å². The van der Waals surface area contributed by atoms with Gasteiger partial charge in [0.2, 0.25) is 11.5 Å². The predicted octanol–water partition coefficient (Wildman–Crippen LogP) is 8.14. The van der Waals surface area contributed by atoms with Crippen molar-refractivity contribution in [2.75, 3.05) is 0 Å². The maximum absolute atomic E-state index is 7.14. The first-order chi connectivity index (χ1) is 18.3. The molecule has 0 radical (unpaired) electrons. The molecule has 2 nitrogen and oxygen atoms in total. The third kappa shape index (κ3) is 2.67. The number of nitrogens with zero attached hydrogens (tertiary/aromatic N) is 1. The molecule has 3 aliphatic rings. The van der Waals surface area contributed by atoms with Gasteiger partial charge in [0.05, 0.1) is 0 Å². The van der Waals surface area contributed by atoms with E-state index in [0.717, 1.165) is 28.0 Å². The van der Waals surface area contributed by atoms with Crippen molar-refractivity contribution in [1.82, 2.24) is 0 Å². The van der Waals surface area contributed by atoms with Crippen LogP contribution in [0.2, 0.25) is 0 Å². The van der Waals surface area contributed by atoms with Gasteiger partial charge >= 0.3 is 0 Å². The summed E-state index contributed by atoms with van der Waals surface area (Å²) in [6.07, 6.45) is 0. The highest BCUT2D eigenvalue weighted by atomic mass is 16.5. The lowest BCUT2D eigenvalue weighted by Gasteiger charge is -2.29. The number of fused-ring (bicyclic) bond motifs is 8. The Bertz CT molecular complexity index is 1710. The lowest BCUT2D eigenvalue weighted by atomic mass is 9.84. The van der Waals surface area contributed by atoms with E-state index in [4.69, 9.17) is 9.73 Å². The first-order valence-electron chi connectivity index (χ1n) is 12.7. The Labute approximate surface area is 216 Å². The van der Waals surface area contributed by atoms with E-state index in [1.165, 1.54) is 38.9 Å². The van der Waals surface area contributed by atoms with Crippen LogP contribution >= 0.6 is 0 Å². The van der Waals surface area contributed by atoms with E-state index in [2.05, 4.69) is 128 Å². The Morgan fingerprint density at radius 3 is 1.51 bits per heavy atom. The second-order valence-corrected chi connectivity index (χ2v) is 9.97. The fourth-order valence-electron chi connectivity index (χ4n) is 6.28. The van der Waals surface area contributed by atoms with Crippen molar-refractivity contribution < 1.29 is 4.74 Å². The number of hydrogen-bond donors (Lipinski definition) is 0. The van der Waals surface area contributed by atoms with Gasteiger partial charge < -0.3 is 4.74 Å². The van der Waals surface area contributed by atoms with Crippen LogP contribution in [0.3, 0.4) is 0 Å². The van der Waals surface area contributed by atoms with E-state index in [1.54, 1.807) is 0 Å². The zero-order valence-corrected chi connectivity index (χ0v) is 20.4. The molecule has 0 saturated heterocycles. The van der Waals surface area contributed by atoms with Gasteiger partial charge in [-0.05, 0) is 52.4 Å². The fraction of sp³-hybridized carbons (Fsp3) is 0.0571. The number of aryl methyl sites for hydroxylation is 1. The van der Waals surface area contributed by atoms with Crippen LogP contribution in [0, 0.1) is 6.92 Å². The molecule has 37 heavy (non-hydrogen) atoms. The summed E-state index contributed by atoms with van der Waals surface area (Å²) in [4.78, 5) is 5.37. The monoisotopic (exact) mass is 473 g/mol. The third-order valence-electron chi connectivity index (χ3n) is 7.92. The van der Waals surface area contributed by atoms with Crippen molar-refractivity contribution in [3.63, 3.8) is 0 Å². The standard InChI is InChI=1S/C35H23NO/c1-22-18-20-23(21-19-22)34-36-33(32-28-14-4-2-10-24(28)25-11-3-5-15-29(25)32)35(37-34)30-16-8-6-12-26(30)27-13-7-9-17-31(27)35/h2-21H,1H3. The molecule has 2 aliphatic carbocycles. The van der Waals surface area contributed by atoms with Crippen molar-refractivity contribution in [3.05, 3.63) is 160 Å². The molecule has 0 amide bonds. The summed E-state index contributed by atoms with van der Waals surface area (Å²) in [5.74, 6) is 0.663. The summed E-state index contributed by atoms with van der Waals surface area (Å²) < 4.78 is 7.14. The number of benzene rings is 5. The summed E-state index contributed by atoms with van der Waals surface area (Å²) >= 11 is 0. The van der Waals surface area contributed by atoms with Crippen LogP contribution < -0.4 is 0 Å². The minimum Gasteiger partial charge on any atom is -0.454 e.